The zero-order chi connectivity index (χ0) is 27.7. The molecule has 1 saturated heterocycles. The van der Waals surface area contributed by atoms with Crippen LogP contribution in [0.3, 0.4) is 0 Å². The van der Waals surface area contributed by atoms with Crippen molar-refractivity contribution >= 4 is 39.5 Å². The van der Waals surface area contributed by atoms with Gasteiger partial charge in [0.05, 0.1) is 35.3 Å². The van der Waals surface area contributed by atoms with Crippen molar-refractivity contribution in [1.82, 2.24) is 24.6 Å². The quantitative estimate of drug-likeness (QED) is 0.375. The Bertz CT molecular complexity index is 1560. The first-order valence-electron chi connectivity index (χ1n) is 12.9. The standard InChI is InChI=1S/C28H31FN8OS/c1-5-23-27(34(4)28-33-26(18(2)39-28)22-8-6-20(29)14-19(22)15-30)37-16-21(7-9-24(37)32-23)36-12-10-35(11-13-36)17-25(38)31-3/h6-9,14,16H,5,10-13,17H2,1-4H3,(H,31,38). The number of anilines is 3. The summed E-state index contributed by atoms with van der Waals surface area (Å²) in [4.78, 5) is 29.0. The number of pyridine rings is 1. The summed E-state index contributed by atoms with van der Waals surface area (Å²) in [6.07, 6.45) is 2.87. The third-order valence-electron chi connectivity index (χ3n) is 7.11. The van der Waals surface area contributed by atoms with E-state index in [1.807, 2.05) is 24.9 Å². The molecule has 5 rings (SSSR count). The van der Waals surface area contributed by atoms with Crippen molar-refractivity contribution in [3.63, 3.8) is 0 Å². The highest BCUT2D eigenvalue weighted by atomic mass is 32.1. The van der Waals surface area contributed by atoms with Crippen LogP contribution in [0.15, 0.2) is 36.5 Å². The molecule has 1 amide bonds. The SMILES string of the molecule is CCc1nc2ccc(N3CCN(CC(=O)NC)CC3)cn2c1N(C)c1nc(-c2ccc(F)cc2C#N)c(C)s1. The van der Waals surface area contributed by atoms with Gasteiger partial charge in [-0.2, -0.15) is 5.26 Å². The van der Waals surface area contributed by atoms with Crippen LogP contribution in [0.4, 0.5) is 21.0 Å². The lowest BCUT2D eigenvalue weighted by atomic mass is 10.0. The van der Waals surface area contributed by atoms with Crippen LogP contribution in [0.2, 0.25) is 0 Å². The minimum Gasteiger partial charge on any atom is -0.368 e. The molecule has 0 atom stereocenters. The predicted molar refractivity (Wildman–Crippen MR) is 152 cm³/mol. The Kier molecular flexibility index (Phi) is 7.50. The molecule has 1 fully saturated rings. The lowest BCUT2D eigenvalue weighted by Crippen LogP contribution is -2.49. The maximum Gasteiger partial charge on any atom is 0.233 e. The molecule has 0 radical (unpaired) electrons. The molecule has 0 saturated carbocycles. The van der Waals surface area contributed by atoms with E-state index >= 15 is 0 Å². The molecule has 4 aromatic rings. The fraction of sp³-hybridized carbons (Fsp3) is 0.357. The minimum absolute atomic E-state index is 0.0342. The second kappa shape index (κ2) is 11.0. The average Bonchev–Trinajstić information content (AvgIpc) is 3.52. The molecule has 3 aromatic heterocycles. The van der Waals surface area contributed by atoms with E-state index in [-0.39, 0.29) is 11.5 Å². The van der Waals surface area contributed by atoms with Crippen molar-refractivity contribution < 1.29 is 9.18 Å². The molecule has 39 heavy (non-hydrogen) atoms. The summed E-state index contributed by atoms with van der Waals surface area (Å²) in [6, 6.07) is 10.5. The average molecular weight is 547 g/mol. The van der Waals surface area contributed by atoms with Crippen LogP contribution in [-0.4, -0.2) is 72.0 Å². The Morgan fingerprint density at radius 2 is 1.97 bits per heavy atom. The van der Waals surface area contributed by atoms with Gasteiger partial charge in [0.1, 0.15) is 17.3 Å². The summed E-state index contributed by atoms with van der Waals surface area (Å²) in [5, 5.41) is 13.0. The Hall–Kier alpha value is -4.01. The van der Waals surface area contributed by atoms with Gasteiger partial charge < -0.3 is 15.1 Å². The highest BCUT2D eigenvalue weighted by Gasteiger charge is 2.23. The van der Waals surface area contributed by atoms with Gasteiger partial charge in [0.25, 0.3) is 0 Å². The number of hydrogen-bond acceptors (Lipinski definition) is 8. The van der Waals surface area contributed by atoms with E-state index in [1.54, 1.807) is 13.1 Å². The van der Waals surface area contributed by atoms with Crippen molar-refractivity contribution in [3.8, 4) is 17.3 Å². The Labute approximate surface area is 231 Å². The van der Waals surface area contributed by atoms with Crippen LogP contribution in [0.1, 0.15) is 23.1 Å². The van der Waals surface area contributed by atoms with Gasteiger partial charge in [-0.3, -0.25) is 14.1 Å². The van der Waals surface area contributed by atoms with Gasteiger partial charge in [-0.25, -0.2) is 14.4 Å². The predicted octanol–water partition coefficient (Wildman–Crippen LogP) is 3.98. The van der Waals surface area contributed by atoms with Crippen LogP contribution in [-0.2, 0) is 11.2 Å². The van der Waals surface area contributed by atoms with E-state index in [4.69, 9.17) is 9.97 Å². The first-order valence-corrected chi connectivity index (χ1v) is 13.7. The molecule has 1 aromatic carbocycles. The molecule has 0 spiro atoms. The smallest absolute Gasteiger partial charge is 0.233 e. The number of nitriles is 1. The fourth-order valence-electron chi connectivity index (χ4n) is 4.98. The molecule has 9 nitrogen and oxygen atoms in total. The van der Waals surface area contributed by atoms with E-state index in [0.717, 1.165) is 65.5 Å². The summed E-state index contributed by atoms with van der Waals surface area (Å²) in [6.45, 7) is 7.76. The number of carbonyl (C=O) groups is 1. The summed E-state index contributed by atoms with van der Waals surface area (Å²) >= 11 is 1.53. The van der Waals surface area contributed by atoms with E-state index in [2.05, 4.69) is 44.8 Å². The Morgan fingerprint density at radius 3 is 2.67 bits per heavy atom. The third-order valence-corrected chi connectivity index (χ3v) is 8.16. The molecule has 4 heterocycles. The number of halogens is 1. The molecule has 0 aliphatic carbocycles. The number of fused-ring (bicyclic) bond motifs is 1. The number of rotatable bonds is 7. The first-order chi connectivity index (χ1) is 18.8. The second-order valence-corrected chi connectivity index (χ2v) is 10.7. The number of imidazole rings is 1. The molecule has 202 valence electrons. The fourth-order valence-corrected chi connectivity index (χ4v) is 5.86. The molecule has 0 bridgehead atoms. The number of nitrogens with zero attached hydrogens (tertiary/aromatic N) is 7. The van der Waals surface area contributed by atoms with Gasteiger partial charge in [-0.1, -0.05) is 6.92 Å². The summed E-state index contributed by atoms with van der Waals surface area (Å²) in [5.41, 5.74) is 4.48. The van der Waals surface area contributed by atoms with E-state index < -0.39 is 5.82 Å². The number of nitrogens with one attached hydrogen (secondary N) is 1. The molecular formula is C28H31FN8OS. The second-order valence-electron chi connectivity index (χ2n) is 9.55. The molecular weight excluding hydrogens is 515 g/mol. The highest BCUT2D eigenvalue weighted by Crippen LogP contribution is 2.38. The number of aryl methyl sites for hydroxylation is 2. The van der Waals surface area contributed by atoms with E-state index in [1.165, 1.54) is 23.5 Å². The lowest BCUT2D eigenvalue weighted by Gasteiger charge is -2.35. The minimum atomic E-state index is -0.442. The Balaban J connectivity index is 1.46. The highest BCUT2D eigenvalue weighted by molar-refractivity contribution is 7.16. The van der Waals surface area contributed by atoms with Crippen LogP contribution < -0.4 is 15.1 Å². The summed E-state index contributed by atoms with van der Waals surface area (Å²) in [7, 11) is 3.64. The third kappa shape index (κ3) is 5.17. The molecule has 0 unspecified atom stereocenters. The number of likely N-dealkylation sites (N-methyl/N-ethyl adjacent to an activating group) is 1. The first kappa shape index (κ1) is 26.6. The van der Waals surface area contributed by atoms with Crippen molar-refractivity contribution in [1.29, 1.82) is 5.26 Å². The van der Waals surface area contributed by atoms with Gasteiger partial charge in [0.2, 0.25) is 5.91 Å². The summed E-state index contributed by atoms with van der Waals surface area (Å²) < 4.78 is 15.9. The van der Waals surface area contributed by atoms with Gasteiger partial charge in [-0.05, 0) is 43.7 Å². The van der Waals surface area contributed by atoms with Crippen LogP contribution in [0.25, 0.3) is 16.9 Å². The number of amides is 1. The molecule has 1 N–H and O–H groups in total. The van der Waals surface area contributed by atoms with E-state index in [9.17, 15) is 14.4 Å². The summed E-state index contributed by atoms with van der Waals surface area (Å²) in [5.74, 6) is 0.530. The number of aromatic nitrogens is 3. The van der Waals surface area contributed by atoms with Crippen LogP contribution in [0, 0.1) is 24.1 Å². The molecule has 1 aliphatic heterocycles. The number of carbonyl (C=O) groups excluding carboxylic acids is 1. The molecule has 11 heteroatoms. The van der Waals surface area contributed by atoms with Crippen molar-refractivity contribution in [3.05, 3.63) is 58.5 Å². The zero-order valence-electron chi connectivity index (χ0n) is 22.5. The lowest BCUT2D eigenvalue weighted by molar-refractivity contribution is -0.121. The number of thiazole rings is 1. The molecule has 1 aliphatic rings. The maximum absolute atomic E-state index is 13.7. The van der Waals surface area contributed by atoms with Crippen molar-refractivity contribution in [2.24, 2.45) is 0 Å². The van der Waals surface area contributed by atoms with E-state index in [0.29, 0.717) is 17.8 Å². The number of piperazine rings is 1. The van der Waals surface area contributed by atoms with Crippen molar-refractivity contribution in [2.75, 3.05) is 56.6 Å². The van der Waals surface area contributed by atoms with Gasteiger partial charge in [0, 0.05) is 56.9 Å². The monoisotopic (exact) mass is 546 g/mol. The van der Waals surface area contributed by atoms with Crippen LogP contribution in [0.5, 0.6) is 0 Å². The normalized spacial score (nSPS) is 14.0. The largest absolute Gasteiger partial charge is 0.368 e. The van der Waals surface area contributed by atoms with Gasteiger partial charge in [-0.15, -0.1) is 11.3 Å². The van der Waals surface area contributed by atoms with Crippen molar-refractivity contribution in [2.45, 2.75) is 20.3 Å². The maximum atomic E-state index is 13.7. The van der Waals surface area contributed by atoms with Gasteiger partial charge >= 0.3 is 0 Å². The Morgan fingerprint density at radius 1 is 1.21 bits per heavy atom. The number of hydrogen-bond donors (Lipinski definition) is 1. The number of benzene rings is 1. The van der Waals surface area contributed by atoms with Crippen LogP contribution >= 0.6 is 11.3 Å². The zero-order valence-corrected chi connectivity index (χ0v) is 23.3. The topological polar surface area (TPSA) is 92.8 Å². The van der Waals surface area contributed by atoms with Gasteiger partial charge in [0.15, 0.2) is 5.13 Å².